The van der Waals surface area contributed by atoms with Gasteiger partial charge in [-0.15, -0.1) is 0 Å². The van der Waals surface area contributed by atoms with E-state index in [4.69, 9.17) is 4.98 Å². The van der Waals surface area contributed by atoms with Crippen molar-refractivity contribution in [3.8, 4) is 0 Å². The van der Waals surface area contributed by atoms with Gasteiger partial charge in [0.15, 0.2) is 0 Å². The molecule has 1 aromatic heterocycles. The molecule has 25 heavy (non-hydrogen) atoms. The van der Waals surface area contributed by atoms with Gasteiger partial charge in [-0.25, -0.2) is 4.98 Å². The van der Waals surface area contributed by atoms with Crippen LogP contribution in [0.4, 0.5) is 11.5 Å². The number of benzene rings is 2. The number of carbonyl (C=O) groups excluding carboxylic acids is 1. The number of carbonyl (C=O) groups is 1. The number of nitrogens with zero attached hydrogens (tertiary/aromatic N) is 2. The van der Waals surface area contributed by atoms with Crippen LogP contribution in [0, 0.1) is 12.3 Å². The van der Waals surface area contributed by atoms with Crippen LogP contribution in [0.25, 0.3) is 10.9 Å². The van der Waals surface area contributed by atoms with Crippen molar-refractivity contribution in [2.75, 3.05) is 4.90 Å². The molecule has 0 fully saturated rings. The molecule has 126 valence electrons. The Hall–Kier alpha value is -2.68. The molecular formula is C22H22N2O. The molecule has 2 heterocycles. The van der Waals surface area contributed by atoms with E-state index in [9.17, 15) is 4.79 Å². The second-order valence-electron chi connectivity index (χ2n) is 7.80. The van der Waals surface area contributed by atoms with Crippen molar-refractivity contribution in [2.24, 2.45) is 5.41 Å². The van der Waals surface area contributed by atoms with Gasteiger partial charge in [0.2, 0.25) is 5.91 Å². The van der Waals surface area contributed by atoms with Gasteiger partial charge < -0.3 is 0 Å². The van der Waals surface area contributed by atoms with E-state index in [0.717, 1.165) is 33.5 Å². The maximum atomic E-state index is 13.4. The first-order valence-corrected chi connectivity index (χ1v) is 8.68. The zero-order valence-corrected chi connectivity index (χ0v) is 15.1. The van der Waals surface area contributed by atoms with Gasteiger partial charge in [0.25, 0.3) is 0 Å². The summed E-state index contributed by atoms with van der Waals surface area (Å²) in [6.45, 7) is 8.50. The van der Waals surface area contributed by atoms with E-state index in [2.05, 4.69) is 33.8 Å². The van der Waals surface area contributed by atoms with E-state index in [-0.39, 0.29) is 17.2 Å². The number of anilines is 2. The average molecular weight is 330 g/mol. The van der Waals surface area contributed by atoms with Crippen LogP contribution in [0.2, 0.25) is 0 Å². The average Bonchev–Trinajstić information content (AvgIpc) is 2.88. The van der Waals surface area contributed by atoms with E-state index in [0.29, 0.717) is 0 Å². The van der Waals surface area contributed by atoms with Crippen LogP contribution >= 0.6 is 0 Å². The minimum atomic E-state index is -0.195. The summed E-state index contributed by atoms with van der Waals surface area (Å²) in [6.07, 6.45) is 0. The zero-order valence-electron chi connectivity index (χ0n) is 15.1. The Labute approximate surface area is 148 Å². The highest BCUT2D eigenvalue weighted by Gasteiger charge is 2.46. The van der Waals surface area contributed by atoms with Crippen molar-refractivity contribution < 1.29 is 4.79 Å². The molecule has 0 N–H and O–H groups in total. The monoisotopic (exact) mass is 330 g/mol. The zero-order chi connectivity index (χ0) is 17.8. The number of hydrogen-bond acceptors (Lipinski definition) is 2. The highest BCUT2D eigenvalue weighted by Crippen LogP contribution is 2.50. The molecular weight excluding hydrogens is 308 g/mol. The van der Waals surface area contributed by atoms with Gasteiger partial charge in [-0.2, -0.15) is 0 Å². The summed E-state index contributed by atoms with van der Waals surface area (Å²) in [5, 5.41) is 1.12. The lowest BCUT2D eigenvalue weighted by molar-refractivity contribution is -0.120. The Morgan fingerprint density at radius 3 is 2.28 bits per heavy atom. The van der Waals surface area contributed by atoms with E-state index < -0.39 is 0 Å². The SMILES string of the molecule is Cc1c2c(nc3ccccc13)N(c1ccccc1)C(=O)C2C(C)(C)C. The summed E-state index contributed by atoms with van der Waals surface area (Å²) in [5.41, 5.74) is 3.86. The fourth-order valence-electron chi connectivity index (χ4n) is 3.88. The summed E-state index contributed by atoms with van der Waals surface area (Å²) in [7, 11) is 0. The molecule has 1 amide bonds. The number of pyridine rings is 1. The molecule has 0 saturated carbocycles. The fraction of sp³-hybridized carbons (Fsp3) is 0.273. The fourth-order valence-corrected chi connectivity index (χ4v) is 3.88. The van der Waals surface area contributed by atoms with Gasteiger partial charge >= 0.3 is 0 Å². The molecule has 0 aliphatic carbocycles. The minimum absolute atomic E-state index is 0.111. The number of hydrogen-bond donors (Lipinski definition) is 0. The van der Waals surface area contributed by atoms with Crippen molar-refractivity contribution >= 4 is 28.3 Å². The third kappa shape index (κ3) is 2.34. The number of aromatic nitrogens is 1. The second kappa shape index (κ2) is 5.41. The van der Waals surface area contributed by atoms with E-state index in [1.807, 2.05) is 48.5 Å². The summed E-state index contributed by atoms with van der Waals surface area (Å²) >= 11 is 0. The first-order valence-electron chi connectivity index (χ1n) is 8.68. The molecule has 2 aromatic carbocycles. The van der Waals surface area contributed by atoms with Gasteiger partial charge in [0.05, 0.1) is 17.1 Å². The number of rotatable bonds is 1. The molecule has 3 heteroatoms. The van der Waals surface area contributed by atoms with Crippen molar-refractivity contribution in [2.45, 2.75) is 33.6 Å². The summed E-state index contributed by atoms with van der Waals surface area (Å²) in [6, 6.07) is 18.0. The van der Waals surface area contributed by atoms with Gasteiger partial charge in [0, 0.05) is 10.9 Å². The lowest BCUT2D eigenvalue weighted by Gasteiger charge is -2.27. The number of fused-ring (bicyclic) bond motifs is 2. The topological polar surface area (TPSA) is 33.2 Å². The van der Waals surface area contributed by atoms with Crippen LogP contribution in [-0.2, 0) is 4.79 Å². The molecule has 0 spiro atoms. The molecule has 3 nitrogen and oxygen atoms in total. The van der Waals surface area contributed by atoms with Crippen molar-refractivity contribution in [3.63, 3.8) is 0 Å². The summed E-state index contributed by atoms with van der Waals surface area (Å²) < 4.78 is 0. The summed E-state index contributed by atoms with van der Waals surface area (Å²) in [5.74, 6) is 0.701. The Morgan fingerprint density at radius 2 is 1.60 bits per heavy atom. The number of aryl methyl sites for hydroxylation is 1. The smallest absolute Gasteiger partial charge is 0.240 e. The predicted octanol–water partition coefficient (Wildman–Crippen LogP) is 5.35. The third-order valence-electron chi connectivity index (χ3n) is 5.03. The number of amides is 1. The van der Waals surface area contributed by atoms with E-state index in [1.54, 1.807) is 4.90 Å². The molecule has 0 radical (unpaired) electrons. The van der Waals surface area contributed by atoms with Crippen LogP contribution in [0.15, 0.2) is 54.6 Å². The first kappa shape index (κ1) is 15.8. The Kier molecular flexibility index (Phi) is 3.43. The molecule has 3 aromatic rings. The molecule has 0 bridgehead atoms. The highest BCUT2D eigenvalue weighted by molar-refractivity contribution is 6.11. The van der Waals surface area contributed by atoms with Gasteiger partial charge in [0.1, 0.15) is 5.82 Å². The van der Waals surface area contributed by atoms with Gasteiger partial charge in [-0.1, -0.05) is 57.2 Å². The van der Waals surface area contributed by atoms with Gasteiger partial charge in [-0.05, 0) is 36.1 Å². The maximum absolute atomic E-state index is 13.4. The lowest BCUT2D eigenvalue weighted by Crippen LogP contribution is -2.30. The largest absolute Gasteiger partial charge is 0.273 e. The second-order valence-corrected chi connectivity index (χ2v) is 7.80. The van der Waals surface area contributed by atoms with E-state index in [1.165, 1.54) is 0 Å². The molecule has 1 atom stereocenters. The summed E-state index contributed by atoms with van der Waals surface area (Å²) in [4.78, 5) is 20.1. The molecule has 1 unspecified atom stereocenters. The standard InChI is InChI=1S/C22H22N2O/c1-14-16-12-8-9-13-17(16)23-20-18(14)19(22(2,3)4)21(25)24(20)15-10-6-5-7-11-15/h5-13,19H,1-4H3. The van der Waals surface area contributed by atoms with Gasteiger partial charge in [-0.3, -0.25) is 9.69 Å². The first-order chi connectivity index (χ1) is 11.9. The molecule has 1 aliphatic rings. The molecule has 0 saturated heterocycles. The quantitative estimate of drug-likeness (QED) is 0.602. The third-order valence-corrected chi connectivity index (χ3v) is 5.03. The number of para-hydroxylation sites is 2. The normalized spacial score (nSPS) is 17.2. The van der Waals surface area contributed by atoms with Crippen LogP contribution in [0.3, 0.4) is 0 Å². The molecule has 1 aliphatic heterocycles. The van der Waals surface area contributed by atoms with Crippen LogP contribution in [0.5, 0.6) is 0 Å². The van der Waals surface area contributed by atoms with E-state index >= 15 is 0 Å². The lowest BCUT2D eigenvalue weighted by atomic mass is 9.76. The van der Waals surface area contributed by atoms with Crippen LogP contribution in [0.1, 0.15) is 37.8 Å². The molecule has 4 rings (SSSR count). The van der Waals surface area contributed by atoms with Crippen molar-refractivity contribution in [1.82, 2.24) is 4.98 Å². The predicted molar refractivity (Wildman–Crippen MR) is 102 cm³/mol. The highest BCUT2D eigenvalue weighted by atomic mass is 16.2. The van der Waals surface area contributed by atoms with Crippen LogP contribution < -0.4 is 4.90 Å². The van der Waals surface area contributed by atoms with Crippen LogP contribution in [-0.4, -0.2) is 10.9 Å². The Balaban J connectivity index is 2.06. The minimum Gasteiger partial charge on any atom is -0.273 e. The maximum Gasteiger partial charge on any atom is 0.240 e. The Morgan fingerprint density at radius 1 is 0.960 bits per heavy atom. The Bertz CT molecular complexity index is 970. The van der Waals surface area contributed by atoms with Crippen molar-refractivity contribution in [3.05, 3.63) is 65.7 Å². The van der Waals surface area contributed by atoms with Crippen molar-refractivity contribution in [1.29, 1.82) is 0 Å².